The third-order valence-corrected chi connectivity index (χ3v) is 1.10. The molecule has 13 heavy (non-hydrogen) atoms. The van der Waals surface area contributed by atoms with E-state index in [0.29, 0.717) is 0 Å². The van der Waals surface area contributed by atoms with E-state index in [9.17, 15) is 14.4 Å². The molecule has 0 aromatic heterocycles. The molecule has 0 bridgehead atoms. The molecular formula is C7H8N2O4. The van der Waals surface area contributed by atoms with Crippen LogP contribution in [0.5, 0.6) is 0 Å². The smallest absolute Gasteiger partial charge is 0.333 e. The molecule has 0 N–H and O–H groups in total. The van der Waals surface area contributed by atoms with Crippen LogP contribution >= 0.6 is 0 Å². The zero-order valence-corrected chi connectivity index (χ0v) is 7.02. The van der Waals surface area contributed by atoms with Crippen LogP contribution in [-0.2, 0) is 19.1 Å². The summed E-state index contributed by atoms with van der Waals surface area (Å²) in [7, 11) is 0. The molecule has 6 heteroatoms. The zero-order valence-electron chi connectivity index (χ0n) is 7.02. The minimum absolute atomic E-state index is 0.175. The monoisotopic (exact) mass is 184 g/mol. The summed E-state index contributed by atoms with van der Waals surface area (Å²) in [5.74, 6) is -0.704. The zero-order chi connectivity index (χ0) is 10.1. The highest BCUT2D eigenvalue weighted by molar-refractivity contribution is 5.77. The largest absolute Gasteiger partial charge is 0.464 e. The van der Waals surface area contributed by atoms with Crippen molar-refractivity contribution in [2.75, 3.05) is 13.2 Å². The molecule has 0 saturated heterocycles. The first kappa shape index (κ1) is 11.2. The number of carbonyl (C=O) groups is 1. The van der Waals surface area contributed by atoms with Crippen LogP contribution in [0.25, 0.3) is 0 Å². The number of ether oxygens (including phenoxy) is 1. The van der Waals surface area contributed by atoms with Crippen LogP contribution in [0, 0.1) is 0 Å². The second-order valence-electron chi connectivity index (χ2n) is 1.92. The van der Waals surface area contributed by atoms with Crippen LogP contribution in [0.3, 0.4) is 0 Å². The van der Waals surface area contributed by atoms with Gasteiger partial charge in [0.05, 0.1) is 13.2 Å². The summed E-state index contributed by atoms with van der Waals surface area (Å²) in [5, 5.41) is 0. The van der Waals surface area contributed by atoms with Gasteiger partial charge in [-0.25, -0.2) is 19.4 Å². The average Bonchev–Trinajstić information content (AvgIpc) is 2.12. The Morgan fingerprint density at radius 2 is 2.15 bits per heavy atom. The highest BCUT2D eigenvalue weighted by Crippen LogP contribution is 1.94. The highest BCUT2D eigenvalue weighted by atomic mass is 16.5. The van der Waals surface area contributed by atoms with Gasteiger partial charge in [-0.3, -0.25) is 0 Å². The minimum atomic E-state index is -1.08. The third kappa shape index (κ3) is 4.63. The first-order valence-corrected chi connectivity index (χ1v) is 3.53. The summed E-state index contributed by atoms with van der Waals surface area (Å²) in [6.45, 7) is 1.55. The Morgan fingerprint density at radius 3 is 2.62 bits per heavy atom. The molecule has 0 aliphatic carbocycles. The van der Waals surface area contributed by atoms with E-state index in [4.69, 9.17) is 0 Å². The van der Waals surface area contributed by atoms with Gasteiger partial charge >= 0.3 is 5.97 Å². The van der Waals surface area contributed by atoms with Gasteiger partial charge in [0.2, 0.25) is 12.2 Å². The molecule has 0 rings (SSSR count). The summed E-state index contributed by atoms with van der Waals surface area (Å²) in [4.78, 5) is 36.8. The van der Waals surface area contributed by atoms with E-state index < -0.39 is 12.0 Å². The number of aliphatic imine (C=N–C) groups is 2. The van der Waals surface area contributed by atoms with Crippen LogP contribution in [0.4, 0.5) is 0 Å². The minimum Gasteiger partial charge on any atom is -0.464 e. The van der Waals surface area contributed by atoms with Crippen LogP contribution in [0.2, 0.25) is 0 Å². The summed E-state index contributed by atoms with van der Waals surface area (Å²) in [6.07, 6.45) is 2.43. The van der Waals surface area contributed by atoms with Crippen molar-refractivity contribution in [2.45, 2.75) is 13.0 Å². The van der Waals surface area contributed by atoms with E-state index >= 15 is 0 Å². The van der Waals surface area contributed by atoms with E-state index in [1.54, 1.807) is 6.92 Å². The summed E-state index contributed by atoms with van der Waals surface area (Å²) in [6, 6.07) is -1.08. The van der Waals surface area contributed by atoms with Gasteiger partial charge in [0.15, 0.2) is 6.04 Å². The van der Waals surface area contributed by atoms with E-state index in [0.717, 1.165) is 0 Å². The Morgan fingerprint density at radius 1 is 1.46 bits per heavy atom. The van der Waals surface area contributed by atoms with Gasteiger partial charge in [0, 0.05) is 0 Å². The Labute approximate surface area is 74.3 Å². The Hall–Kier alpha value is -1.77. The lowest BCUT2D eigenvalue weighted by atomic mass is 10.3. The summed E-state index contributed by atoms with van der Waals surface area (Å²) >= 11 is 0. The van der Waals surface area contributed by atoms with Crippen molar-refractivity contribution < 1.29 is 19.1 Å². The van der Waals surface area contributed by atoms with Gasteiger partial charge in [-0.1, -0.05) is 0 Å². The van der Waals surface area contributed by atoms with Gasteiger partial charge in [0.25, 0.3) is 0 Å². The van der Waals surface area contributed by atoms with Crippen LogP contribution in [-0.4, -0.2) is 37.3 Å². The van der Waals surface area contributed by atoms with E-state index in [-0.39, 0.29) is 13.2 Å². The standard InChI is InChI=1S/C7H8N2O4/c1-2-13-7(12)6(9-5-11)3-8-4-10/h6H,2-3H2,1H3. The number of nitrogens with zero attached hydrogens (tertiary/aromatic N) is 2. The maximum atomic E-state index is 11.0. The first-order chi connectivity index (χ1) is 6.26. The van der Waals surface area contributed by atoms with Crippen molar-refractivity contribution in [3.63, 3.8) is 0 Å². The molecular weight excluding hydrogens is 176 g/mol. The molecule has 0 spiro atoms. The number of carbonyl (C=O) groups excluding carboxylic acids is 3. The Kier molecular flexibility index (Phi) is 5.97. The number of hydrogen-bond acceptors (Lipinski definition) is 6. The van der Waals surface area contributed by atoms with Crippen molar-refractivity contribution in [1.29, 1.82) is 0 Å². The van der Waals surface area contributed by atoms with Gasteiger partial charge in [-0.15, -0.1) is 0 Å². The van der Waals surface area contributed by atoms with Gasteiger partial charge in [-0.05, 0) is 6.92 Å². The fourth-order valence-electron chi connectivity index (χ4n) is 0.594. The second kappa shape index (κ2) is 6.91. The predicted molar refractivity (Wildman–Crippen MR) is 41.5 cm³/mol. The Bertz CT molecular complexity index is 264. The van der Waals surface area contributed by atoms with Gasteiger partial charge in [-0.2, -0.15) is 4.99 Å². The summed E-state index contributed by atoms with van der Waals surface area (Å²) < 4.78 is 4.55. The van der Waals surface area contributed by atoms with Crippen molar-refractivity contribution in [1.82, 2.24) is 0 Å². The number of hydrogen-bond donors (Lipinski definition) is 0. The summed E-state index contributed by atoms with van der Waals surface area (Å²) in [5.41, 5.74) is 0. The molecule has 0 aliphatic rings. The first-order valence-electron chi connectivity index (χ1n) is 3.53. The molecule has 1 unspecified atom stereocenters. The molecule has 0 amide bonds. The lowest BCUT2D eigenvalue weighted by Gasteiger charge is -2.04. The van der Waals surface area contributed by atoms with E-state index in [1.165, 1.54) is 12.2 Å². The highest BCUT2D eigenvalue weighted by Gasteiger charge is 2.17. The van der Waals surface area contributed by atoms with E-state index in [2.05, 4.69) is 14.7 Å². The fraction of sp³-hybridized carbons (Fsp3) is 0.571. The van der Waals surface area contributed by atoms with Gasteiger partial charge < -0.3 is 4.74 Å². The van der Waals surface area contributed by atoms with Crippen molar-refractivity contribution >= 4 is 18.1 Å². The third-order valence-electron chi connectivity index (χ3n) is 1.10. The van der Waals surface area contributed by atoms with Gasteiger partial charge in [0.1, 0.15) is 0 Å². The van der Waals surface area contributed by atoms with Crippen molar-refractivity contribution in [3.05, 3.63) is 0 Å². The number of rotatable bonds is 5. The molecule has 0 saturated carbocycles. The molecule has 0 aliphatic heterocycles. The maximum Gasteiger partial charge on any atom is 0.333 e. The van der Waals surface area contributed by atoms with Crippen molar-refractivity contribution in [3.8, 4) is 0 Å². The molecule has 6 nitrogen and oxygen atoms in total. The molecule has 70 valence electrons. The predicted octanol–water partition coefficient (Wildman–Crippen LogP) is -0.410. The quantitative estimate of drug-likeness (QED) is 0.330. The fourth-order valence-corrected chi connectivity index (χ4v) is 0.594. The Balaban J connectivity index is 4.30. The topological polar surface area (TPSA) is 85.2 Å². The second-order valence-corrected chi connectivity index (χ2v) is 1.92. The molecule has 1 atom stereocenters. The number of isocyanates is 2. The molecule has 0 radical (unpaired) electrons. The van der Waals surface area contributed by atoms with Crippen molar-refractivity contribution in [2.24, 2.45) is 9.98 Å². The molecule has 0 fully saturated rings. The maximum absolute atomic E-state index is 11.0. The molecule has 0 aromatic rings. The SMILES string of the molecule is CCOC(=O)C(CN=C=O)N=C=O. The van der Waals surface area contributed by atoms with Crippen LogP contribution in [0.1, 0.15) is 6.92 Å². The molecule has 0 aromatic carbocycles. The number of esters is 1. The van der Waals surface area contributed by atoms with Crippen LogP contribution < -0.4 is 0 Å². The molecule has 0 heterocycles. The lowest BCUT2D eigenvalue weighted by molar-refractivity contribution is -0.144. The average molecular weight is 184 g/mol. The lowest BCUT2D eigenvalue weighted by Crippen LogP contribution is -2.24. The normalized spacial score (nSPS) is 10.5. The van der Waals surface area contributed by atoms with Crippen LogP contribution in [0.15, 0.2) is 9.98 Å². The van der Waals surface area contributed by atoms with E-state index in [1.807, 2.05) is 0 Å².